The highest BCUT2D eigenvalue weighted by Crippen LogP contribution is 2.58. The molecule has 4 nitrogen and oxygen atoms in total. The van der Waals surface area contributed by atoms with Gasteiger partial charge in [0.1, 0.15) is 11.5 Å². The third kappa shape index (κ3) is 2.47. The molecular weight excluding hydrogens is 398 g/mol. The molecule has 0 aromatic heterocycles. The molecule has 0 amide bonds. The maximum Gasteiger partial charge on any atom is 0.340 e. The first-order valence-electron chi connectivity index (χ1n) is 10.7. The van der Waals surface area contributed by atoms with Gasteiger partial charge < -0.3 is 14.8 Å². The Balaban J connectivity index is 1.66. The molecule has 0 saturated heterocycles. The zero-order valence-corrected chi connectivity index (χ0v) is 17.8. The van der Waals surface area contributed by atoms with E-state index in [2.05, 4.69) is 31.3 Å². The number of ether oxygens (including phenoxy) is 2. The lowest BCUT2D eigenvalue weighted by molar-refractivity contribution is 0.0227. The molecular formula is C28H21NO3. The average molecular weight is 419 g/mol. The predicted molar refractivity (Wildman–Crippen MR) is 124 cm³/mol. The van der Waals surface area contributed by atoms with Crippen LogP contribution in [0.3, 0.4) is 0 Å². The minimum Gasteiger partial charge on any atom is -0.456 e. The number of carbonyl (C=O) groups is 1. The Morgan fingerprint density at radius 1 is 0.719 bits per heavy atom. The molecule has 6 rings (SSSR count). The summed E-state index contributed by atoms with van der Waals surface area (Å²) in [6.07, 6.45) is 0. The van der Waals surface area contributed by atoms with Crippen LogP contribution in [0.2, 0.25) is 0 Å². The molecule has 1 atom stereocenters. The van der Waals surface area contributed by atoms with Gasteiger partial charge in [0.2, 0.25) is 0 Å². The molecule has 0 aliphatic carbocycles. The molecule has 32 heavy (non-hydrogen) atoms. The molecule has 0 saturated carbocycles. The first-order valence-corrected chi connectivity index (χ1v) is 10.7. The van der Waals surface area contributed by atoms with Gasteiger partial charge in [0, 0.05) is 16.8 Å². The van der Waals surface area contributed by atoms with E-state index in [1.165, 1.54) is 0 Å². The average Bonchev–Trinajstić information content (AvgIpc) is 3.09. The van der Waals surface area contributed by atoms with E-state index in [1.54, 1.807) is 0 Å². The molecule has 0 bridgehead atoms. The van der Waals surface area contributed by atoms with Crippen LogP contribution in [0.15, 0.2) is 84.9 Å². The summed E-state index contributed by atoms with van der Waals surface area (Å²) in [4.78, 5) is 13.1. The van der Waals surface area contributed by atoms with Crippen molar-refractivity contribution < 1.29 is 14.3 Å². The first kappa shape index (κ1) is 18.7. The highest BCUT2D eigenvalue weighted by Gasteiger charge is 2.54. The third-order valence-electron chi connectivity index (χ3n) is 6.38. The van der Waals surface area contributed by atoms with Gasteiger partial charge in [-0.2, -0.15) is 0 Å². The minimum atomic E-state index is -1.09. The van der Waals surface area contributed by atoms with Gasteiger partial charge in [0.15, 0.2) is 5.60 Å². The maximum absolute atomic E-state index is 13.1. The van der Waals surface area contributed by atoms with Gasteiger partial charge in [0.25, 0.3) is 0 Å². The number of aryl methyl sites for hydroxylation is 2. The Kier molecular flexibility index (Phi) is 3.93. The largest absolute Gasteiger partial charge is 0.456 e. The van der Waals surface area contributed by atoms with Crippen LogP contribution in [-0.4, -0.2) is 5.97 Å². The summed E-state index contributed by atoms with van der Waals surface area (Å²) in [5.74, 6) is 1.03. The van der Waals surface area contributed by atoms with Gasteiger partial charge in [0.05, 0.1) is 16.8 Å². The standard InChI is InChI=1S/C28H21NO3/c1-17-9-7-10-18(2)26(17)29-22-14-8-16-24-25(22)28(21-13-5-6-15-23(21)31-24)20-12-4-3-11-19(20)27(30)32-28/h3-16,29H,1-2H3. The second-order valence-electron chi connectivity index (χ2n) is 8.29. The molecule has 1 spiro atoms. The highest BCUT2D eigenvalue weighted by atomic mass is 16.6. The van der Waals surface area contributed by atoms with Crippen molar-refractivity contribution in [3.8, 4) is 11.5 Å². The fraction of sp³-hybridized carbons (Fsp3) is 0.107. The number of hydrogen-bond acceptors (Lipinski definition) is 4. The fourth-order valence-corrected chi connectivity index (χ4v) is 4.93. The Hall–Kier alpha value is -4.05. The zero-order valence-electron chi connectivity index (χ0n) is 17.8. The second-order valence-corrected chi connectivity index (χ2v) is 8.29. The number of hydrogen-bond donors (Lipinski definition) is 1. The van der Waals surface area contributed by atoms with E-state index in [0.29, 0.717) is 17.1 Å². The van der Waals surface area contributed by atoms with Crippen LogP contribution >= 0.6 is 0 Å². The Morgan fingerprint density at radius 3 is 2.19 bits per heavy atom. The summed E-state index contributed by atoms with van der Waals surface area (Å²) >= 11 is 0. The molecule has 0 radical (unpaired) electrons. The number of benzene rings is 4. The van der Waals surface area contributed by atoms with Crippen molar-refractivity contribution in [2.75, 3.05) is 5.32 Å². The summed E-state index contributed by atoms with van der Waals surface area (Å²) in [6.45, 7) is 4.16. The molecule has 1 N–H and O–H groups in total. The number of rotatable bonds is 2. The van der Waals surface area contributed by atoms with Gasteiger partial charge in [-0.25, -0.2) is 4.79 Å². The summed E-state index contributed by atoms with van der Waals surface area (Å²) < 4.78 is 12.6. The maximum atomic E-state index is 13.1. The van der Waals surface area contributed by atoms with Crippen LogP contribution in [0, 0.1) is 13.8 Å². The van der Waals surface area contributed by atoms with Crippen molar-refractivity contribution in [2.24, 2.45) is 0 Å². The Labute approximate surface area is 186 Å². The summed E-state index contributed by atoms with van der Waals surface area (Å²) in [6, 6.07) is 27.5. The lowest BCUT2D eigenvalue weighted by Gasteiger charge is -2.38. The second kappa shape index (κ2) is 6.72. The fourth-order valence-electron chi connectivity index (χ4n) is 4.93. The molecule has 156 valence electrons. The molecule has 4 aromatic carbocycles. The molecule has 4 heteroatoms. The van der Waals surface area contributed by atoms with Crippen molar-refractivity contribution in [2.45, 2.75) is 19.4 Å². The van der Waals surface area contributed by atoms with E-state index < -0.39 is 5.60 Å². The predicted octanol–water partition coefficient (Wildman–Crippen LogP) is 6.62. The lowest BCUT2D eigenvalue weighted by atomic mass is 9.77. The normalized spacial score (nSPS) is 17.8. The van der Waals surface area contributed by atoms with Gasteiger partial charge in [-0.05, 0) is 49.2 Å². The van der Waals surface area contributed by atoms with Crippen molar-refractivity contribution in [3.63, 3.8) is 0 Å². The van der Waals surface area contributed by atoms with E-state index in [0.717, 1.165) is 39.2 Å². The Bertz CT molecular complexity index is 1390. The van der Waals surface area contributed by atoms with Gasteiger partial charge in [-0.3, -0.25) is 0 Å². The molecule has 0 fully saturated rings. The number of esters is 1. The van der Waals surface area contributed by atoms with E-state index in [9.17, 15) is 4.79 Å². The highest BCUT2D eigenvalue weighted by molar-refractivity contribution is 5.97. The molecule has 1 unspecified atom stereocenters. The van der Waals surface area contributed by atoms with Crippen LogP contribution in [-0.2, 0) is 10.3 Å². The minimum absolute atomic E-state index is 0.329. The summed E-state index contributed by atoms with van der Waals surface area (Å²) in [7, 11) is 0. The number of carbonyl (C=O) groups excluding carboxylic acids is 1. The number of fused-ring (bicyclic) bond motifs is 6. The lowest BCUT2D eigenvalue weighted by Crippen LogP contribution is -2.33. The molecule has 2 aliphatic rings. The van der Waals surface area contributed by atoms with E-state index in [-0.39, 0.29) is 5.97 Å². The Morgan fingerprint density at radius 2 is 1.38 bits per heavy atom. The topological polar surface area (TPSA) is 47.6 Å². The number of nitrogens with one attached hydrogen (secondary N) is 1. The van der Waals surface area contributed by atoms with Gasteiger partial charge >= 0.3 is 5.97 Å². The van der Waals surface area contributed by atoms with Crippen molar-refractivity contribution in [3.05, 3.63) is 118 Å². The third-order valence-corrected chi connectivity index (χ3v) is 6.38. The van der Waals surface area contributed by atoms with Crippen LogP contribution < -0.4 is 10.1 Å². The van der Waals surface area contributed by atoms with Crippen molar-refractivity contribution >= 4 is 17.3 Å². The molecule has 2 heterocycles. The summed E-state index contributed by atoms with van der Waals surface area (Å²) in [5, 5.41) is 3.62. The monoisotopic (exact) mass is 419 g/mol. The van der Waals surface area contributed by atoms with Gasteiger partial charge in [-0.1, -0.05) is 60.7 Å². The number of para-hydroxylation sites is 2. The summed E-state index contributed by atoms with van der Waals surface area (Å²) in [5.41, 5.74) is 6.11. The quantitative estimate of drug-likeness (QED) is 0.371. The van der Waals surface area contributed by atoms with Crippen LogP contribution in [0.25, 0.3) is 0 Å². The van der Waals surface area contributed by atoms with Crippen LogP contribution in [0.1, 0.15) is 38.2 Å². The molecule has 4 aromatic rings. The van der Waals surface area contributed by atoms with Crippen molar-refractivity contribution in [1.29, 1.82) is 0 Å². The smallest absolute Gasteiger partial charge is 0.340 e. The first-order chi connectivity index (χ1) is 15.6. The van der Waals surface area contributed by atoms with E-state index in [1.807, 2.05) is 72.8 Å². The zero-order chi connectivity index (χ0) is 21.9. The van der Waals surface area contributed by atoms with Crippen molar-refractivity contribution in [1.82, 2.24) is 0 Å². The van der Waals surface area contributed by atoms with E-state index >= 15 is 0 Å². The van der Waals surface area contributed by atoms with E-state index in [4.69, 9.17) is 9.47 Å². The van der Waals surface area contributed by atoms with Gasteiger partial charge in [-0.15, -0.1) is 0 Å². The number of anilines is 2. The van der Waals surface area contributed by atoms with Crippen LogP contribution in [0.5, 0.6) is 11.5 Å². The van der Waals surface area contributed by atoms with Crippen LogP contribution in [0.4, 0.5) is 11.4 Å². The molecule has 2 aliphatic heterocycles. The SMILES string of the molecule is Cc1cccc(C)c1Nc1cccc2c1C1(OC(=O)c3ccccc31)c1ccccc1O2.